The van der Waals surface area contributed by atoms with Gasteiger partial charge in [-0.3, -0.25) is 9.48 Å². The van der Waals surface area contributed by atoms with E-state index in [-0.39, 0.29) is 11.9 Å². The van der Waals surface area contributed by atoms with Gasteiger partial charge in [-0.05, 0) is 27.7 Å². The van der Waals surface area contributed by atoms with Gasteiger partial charge in [0, 0.05) is 18.3 Å². The number of carbonyl (C=O) groups is 1. The summed E-state index contributed by atoms with van der Waals surface area (Å²) in [4.78, 5) is 11.6. The van der Waals surface area contributed by atoms with Crippen molar-refractivity contribution < 1.29 is 9.53 Å². The Hall–Kier alpha value is -1.32. The highest BCUT2D eigenvalue weighted by atomic mass is 16.5. The number of hydrogen-bond donors (Lipinski definition) is 0. The first-order chi connectivity index (χ1) is 6.99. The Kier molecular flexibility index (Phi) is 3.50. The van der Waals surface area contributed by atoms with Crippen molar-refractivity contribution in [3.8, 4) is 0 Å². The fourth-order valence-corrected chi connectivity index (χ4v) is 1.80. The second-order valence-electron chi connectivity index (χ2n) is 3.68. The van der Waals surface area contributed by atoms with E-state index in [1.807, 2.05) is 34.7 Å². The molecule has 0 aliphatic heterocycles. The summed E-state index contributed by atoms with van der Waals surface area (Å²) in [5.74, 6) is -0.421. The van der Waals surface area contributed by atoms with Crippen molar-refractivity contribution >= 4 is 5.97 Å². The van der Waals surface area contributed by atoms with E-state index >= 15 is 0 Å². The van der Waals surface area contributed by atoms with Crippen LogP contribution in [-0.2, 0) is 16.6 Å². The molecule has 1 heterocycles. The number of aromatic nitrogens is 2. The Morgan fingerprint density at radius 1 is 1.53 bits per heavy atom. The Morgan fingerprint density at radius 3 is 2.53 bits per heavy atom. The molecule has 0 saturated heterocycles. The second-order valence-corrected chi connectivity index (χ2v) is 3.68. The molecule has 4 nitrogen and oxygen atoms in total. The zero-order valence-corrected chi connectivity index (χ0v) is 10.00. The second kappa shape index (κ2) is 4.47. The standard InChI is InChI=1S/C11H18N2O2/c1-6-15-11(14)7(2)10-8(3)12-13(5)9(10)4/h7H,6H2,1-5H3. The summed E-state index contributed by atoms with van der Waals surface area (Å²) in [5.41, 5.74) is 2.90. The van der Waals surface area contributed by atoms with E-state index in [0.29, 0.717) is 6.61 Å². The topological polar surface area (TPSA) is 44.1 Å². The van der Waals surface area contributed by atoms with Crippen LogP contribution in [0.15, 0.2) is 0 Å². The highest BCUT2D eigenvalue weighted by Gasteiger charge is 2.23. The van der Waals surface area contributed by atoms with Crippen LogP contribution in [0.4, 0.5) is 0 Å². The summed E-state index contributed by atoms with van der Waals surface area (Å²) in [5, 5.41) is 4.28. The molecule has 1 aromatic rings. The van der Waals surface area contributed by atoms with Crippen LogP contribution in [0, 0.1) is 13.8 Å². The lowest BCUT2D eigenvalue weighted by molar-refractivity contribution is -0.144. The molecule has 0 amide bonds. The molecule has 4 heteroatoms. The molecular weight excluding hydrogens is 192 g/mol. The van der Waals surface area contributed by atoms with Crippen LogP contribution in [0.25, 0.3) is 0 Å². The maximum absolute atomic E-state index is 11.6. The Balaban J connectivity index is 3.00. The van der Waals surface area contributed by atoms with Crippen LogP contribution < -0.4 is 0 Å². The average Bonchev–Trinajstić information content (AvgIpc) is 2.41. The maximum atomic E-state index is 11.6. The zero-order chi connectivity index (χ0) is 11.6. The fraction of sp³-hybridized carbons (Fsp3) is 0.636. The summed E-state index contributed by atoms with van der Waals surface area (Å²) in [6.45, 7) is 7.97. The monoisotopic (exact) mass is 210 g/mol. The molecule has 0 spiro atoms. The normalized spacial score (nSPS) is 12.6. The lowest BCUT2D eigenvalue weighted by atomic mass is 9.99. The summed E-state index contributed by atoms with van der Waals surface area (Å²) >= 11 is 0. The minimum atomic E-state index is -0.237. The summed E-state index contributed by atoms with van der Waals surface area (Å²) in [6, 6.07) is 0. The van der Waals surface area contributed by atoms with Crippen molar-refractivity contribution in [1.82, 2.24) is 9.78 Å². The number of nitrogens with zero attached hydrogens (tertiary/aromatic N) is 2. The van der Waals surface area contributed by atoms with E-state index in [2.05, 4.69) is 5.10 Å². The summed E-state index contributed by atoms with van der Waals surface area (Å²) in [6.07, 6.45) is 0. The number of ether oxygens (including phenoxy) is 1. The summed E-state index contributed by atoms with van der Waals surface area (Å²) < 4.78 is 6.79. The van der Waals surface area contributed by atoms with Crippen LogP contribution in [0.2, 0.25) is 0 Å². The fourth-order valence-electron chi connectivity index (χ4n) is 1.80. The molecule has 0 saturated carbocycles. The molecule has 0 bridgehead atoms. The molecule has 1 unspecified atom stereocenters. The number of esters is 1. The number of aryl methyl sites for hydroxylation is 2. The zero-order valence-electron chi connectivity index (χ0n) is 10.00. The van der Waals surface area contributed by atoms with Crippen molar-refractivity contribution in [3.63, 3.8) is 0 Å². The minimum absolute atomic E-state index is 0.184. The van der Waals surface area contributed by atoms with Gasteiger partial charge in [-0.15, -0.1) is 0 Å². The van der Waals surface area contributed by atoms with E-state index < -0.39 is 0 Å². The highest BCUT2D eigenvalue weighted by molar-refractivity contribution is 5.78. The molecule has 0 aromatic carbocycles. The SMILES string of the molecule is CCOC(=O)C(C)c1c(C)nn(C)c1C. The van der Waals surface area contributed by atoms with Crippen LogP contribution in [0.3, 0.4) is 0 Å². The lowest BCUT2D eigenvalue weighted by Crippen LogP contribution is -2.14. The quantitative estimate of drug-likeness (QED) is 0.713. The van der Waals surface area contributed by atoms with Gasteiger partial charge >= 0.3 is 5.97 Å². The largest absolute Gasteiger partial charge is 0.466 e. The van der Waals surface area contributed by atoms with Crippen molar-refractivity contribution in [2.24, 2.45) is 7.05 Å². The van der Waals surface area contributed by atoms with Gasteiger partial charge in [0.2, 0.25) is 0 Å². The first-order valence-corrected chi connectivity index (χ1v) is 5.15. The van der Waals surface area contributed by atoms with Gasteiger partial charge in [-0.1, -0.05) is 0 Å². The maximum Gasteiger partial charge on any atom is 0.313 e. The van der Waals surface area contributed by atoms with Gasteiger partial charge in [-0.2, -0.15) is 5.10 Å². The molecule has 0 N–H and O–H groups in total. The number of rotatable bonds is 3. The smallest absolute Gasteiger partial charge is 0.313 e. The Bertz CT molecular complexity index is 369. The first-order valence-electron chi connectivity index (χ1n) is 5.15. The van der Waals surface area contributed by atoms with Gasteiger partial charge in [-0.25, -0.2) is 0 Å². The van der Waals surface area contributed by atoms with E-state index in [0.717, 1.165) is 17.0 Å². The van der Waals surface area contributed by atoms with E-state index in [4.69, 9.17) is 4.74 Å². The molecule has 0 aliphatic rings. The lowest BCUT2D eigenvalue weighted by Gasteiger charge is -2.10. The van der Waals surface area contributed by atoms with Crippen molar-refractivity contribution in [2.75, 3.05) is 6.61 Å². The molecule has 1 atom stereocenters. The van der Waals surface area contributed by atoms with Crippen LogP contribution >= 0.6 is 0 Å². The Labute approximate surface area is 90.2 Å². The molecular formula is C11H18N2O2. The number of carbonyl (C=O) groups excluding carboxylic acids is 1. The molecule has 84 valence electrons. The molecule has 0 aliphatic carbocycles. The van der Waals surface area contributed by atoms with Gasteiger partial charge in [0.15, 0.2) is 0 Å². The van der Waals surface area contributed by atoms with Gasteiger partial charge < -0.3 is 4.74 Å². The van der Waals surface area contributed by atoms with Crippen molar-refractivity contribution in [1.29, 1.82) is 0 Å². The third kappa shape index (κ3) is 2.19. The average molecular weight is 210 g/mol. The predicted molar refractivity (Wildman–Crippen MR) is 57.7 cm³/mol. The molecule has 15 heavy (non-hydrogen) atoms. The van der Waals surface area contributed by atoms with E-state index in [1.54, 1.807) is 4.68 Å². The first kappa shape index (κ1) is 11.8. The van der Waals surface area contributed by atoms with Crippen LogP contribution in [0.1, 0.15) is 36.7 Å². The third-order valence-corrected chi connectivity index (χ3v) is 2.64. The van der Waals surface area contributed by atoms with Gasteiger partial charge in [0.1, 0.15) is 0 Å². The van der Waals surface area contributed by atoms with Crippen LogP contribution in [0.5, 0.6) is 0 Å². The predicted octanol–water partition coefficient (Wildman–Crippen LogP) is 1.70. The minimum Gasteiger partial charge on any atom is -0.466 e. The van der Waals surface area contributed by atoms with Crippen molar-refractivity contribution in [3.05, 3.63) is 17.0 Å². The highest BCUT2D eigenvalue weighted by Crippen LogP contribution is 2.23. The molecule has 0 radical (unpaired) electrons. The van der Waals surface area contributed by atoms with Gasteiger partial charge in [0.25, 0.3) is 0 Å². The van der Waals surface area contributed by atoms with E-state index in [1.165, 1.54) is 0 Å². The van der Waals surface area contributed by atoms with Crippen molar-refractivity contribution in [2.45, 2.75) is 33.6 Å². The van der Waals surface area contributed by atoms with Gasteiger partial charge in [0.05, 0.1) is 18.2 Å². The summed E-state index contributed by atoms with van der Waals surface area (Å²) in [7, 11) is 1.88. The third-order valence-electron chi connectivity index (χ3n) is 2.64. The molecule has 1 aromatic heterocycles. The molecule has 0 fully saturated rings. The van der Waals surface area contributed by atoms with E-state index in [9.17, 15) is 4.79 Å². The van der Waals surface area contributed by atoms with Crippen LogP contribution in [-0.4, -0.2) is 22.4 Å². The number of hydrogen-bond acceptors (Lipinski definition) is 3. The molecule has 1 rings (SSSR count). The Morgan fingerprint density at radius 2 is 2.13 bits per heavy atom.